The van der Waals surface area contributed by atoms with Crippen molar-refractivity contribution in [2.45, 2.75) is 39.3 Å². The summed E-state index contributed by atoms with van der Waals surface area (Å²) in [5.41, 5.74) is 7.94. The minimum absolute atomic E-state index is 0.836. The summed E-state index contributed by atoms with van der Waals surface area (Å²) in [5.74, 6) is 0. The number of piperidine rings is 1. The van der Waals surface area contributed by atoms with Crippen LogP contribution in [0.3, 0.4) is 0 Å². The number of aromatic nitrogens is 2. The molecule has 0 amide bonds. The van der Waals surface area contributed by atoms with Crippen LogP contribution in [-0.4, -0.2) is 27.8 Å². The first kappa shape index (κ1) is 10.5. The highest BCUT2D eigenvalue weighted by molar-refractivity contribution is 5.40. The number of hydrogen-bond donors (Lipinski definition) is 1. The van der Waals surface area contributed by atoms with E-state index in [0.717, 1.165) is 18.8 Å². The summed E-state index contributed by atoms with van der Waals surface area (Å²) in [7, 11) is 0. The zero-order chi connectivity index (χ0) is 10.7. The van der Waals surface area contributed by atoms with E-state index in [4.69, 9.17) is 5.73 Å². The first-order valence-electron chi connectivity index (χ1n) is 5.83. The second-order valence-electron chi connectivity index (χ2n) is 4.20. The predicted octanol–water partition coefficient (Wildman–Crippen LogP) is 1.47. The molecule has 2 N–H and O–H groups in total. The van der Waals surface area contributed by atoms with Gasteiger partial charge in [0.05, 0.1) is 17.6 Å². The van der Waals surface area contributed by atoms with Crippen LogP contribution in [0.25, 0.3) is 0 Å². The zero-order valence-corrected chi connectivity index (χ0v) is 9.45. The van der Waals surface area contributed by atoms with Crippen LogP contribution in [0, 0.1) is 0 Å². The summed E-state index contributed by atoms with van der Waals surface area (Å²) in [5, 5.41) is 4.26. The fourth-order valence-electron chi connectivity index (χ4n) is 2.20. The highest BCUT2D eigenvalue weighted by atomic mass is 15.3. The van der Waals surface area contributed by atoms with Gasteiger partial charge < -0.3 is 5.73 Å². The molecule has 0 atom stereocenters. The van der Waals surface area contributed by atoms with Crippen molar-refractivity contribution in [2.24, 2.45) is 0 Å². The lowest BCUT2D eigenvalue weighted by atomic mass is 10.1. The summed E-state index contributed by atoms with van der Waals surface area (Å²) in [6.07, 6.45) is 5.78. The first-order chi connectivity index (χ1) is 7.31. The number of hydrogen-bond acceptors (Lipinski definition) is 3. The Kier molecular flexibility index (Phi) is 3.26. The first-order valence-corrected chi connectivity index (χ1v) is 5.83. The summed E-state index contributed by atoms with van der Waals surface area (Å²) < 4.78 is 2.00. The largest absolute Gasteiger partial charge is 0.396 e. The molecule has 84 valence electrons. The van der Waals surface area contributed by atoms with Gasteiger partial charge in [0.25, 0.3) is 0 Å². The van der Waals surface area contributed by atoms with E-state index >= 15 is 0 Å². The van der Waals surface area contributed by atoms with Gasteiger partial charge in [0.1, 0.15) is 0 Å². The third-order valence-electron chi connectivity index (χ3n) is 3.10. The molecule has 1 aliphatic rings. The van der Waals surface area contributed by atoms with Gasteiger partial charge in [-0.3, -0.25) is 9.58 Å². The van der Waals surface area contributed by atoms with Gasteiger partial charge in [-0.15, -0.1) is 0 Å². The number of rotatable bonds is 3. The second kappa shape index (κ2) is 4.66. The highest BCUT2D eigenvalue weighted by Gasteiger charge is 2.14. The molecular weight excluding hydrogens is 188 g/mol. The van der Waals surface area contributed by atoms with Crippen molar-refractivity contribution in [2.75, 3.05) is 18.8 Å². The molecule has 4 heteroatoms. The van der Waals surface area contributed by atoms with Gasteiger partial charge in [0.15, 0.2) is 0 Å². The van der Waals surface area contributed by atoms with E-state index in [1.807, 2.05) is 4.68 Å². The Hall–Kier alpha value is -1.03. The second-order valence-corrected chi connectivity index (χ2v) is 4.20. The van der Waals surface area contributed by atoms with Crippen molar-refractivity contribution >= 4 is 5.69 Å². The number of nitrogens with two attached hydrogens (primary N) is 1. The Bertz CT molecular complexity index is 312. The average Bonchev–Trinajstić information content (AvgIpc) is 2.62. The molecule has 1 saturated heterocycles. The van der Waals surface area contributed by atoms with Gasteiger partial charge in [0, 0.05) is 13.1 Å². The van der Waals surface area contributed by atoms with Crippen LogP contribution in [0.4, 0.5) is 5.69 Å². The number of nitrogens with zero attached hydrogens (tertiary/aromatic N) is 3. The Balaban J connectivity index is 2.04. The lowest BCUT2D eigenvalue weighted by Gasteiger charge is -2.26. The lowest BCUT2D eigenvalue weighted by molar-refractivity contribution is 0.215. The summed E-state index contributed by atoms with van der Waals surface area (Å²) >= 11 is 0. The van der Waals surface area contributed by atoms with Gasteiger partial charge >= 0.3 is 0 Å². The van der Waals surface area contributed by atoms with Crippen molar-refractivity contribution in [3.05, 3.63) is 11.9 Å². The fraction of sp³-hybridized carbons (Fsp3) is 0.727. The van der Waals surface area contributed by atoms with Gasteiger partial charge in [0.2, 0.25) is 0 Å². The van der Waals surface area contributed by atoms with Crippen LogP contribution in [0.2, 0.25) is 0 Å². The van der Waals surface area contributed by atoms with Crippen LogP contribution in [0.5, 0.6) is 0 Å². The molecule has 2 rings (SSSR count). The molecule has 0 aliphatic carbocycles. The topological polar surface area (TPSA) is 47.1 Å². The lowest BCUT2D eigenvalue weighted by Crippen LogP contribution is -2.30. The minimum Gasteiger partial charge on any atom is -0.396 e. The predicted molar refractivity (Wildman–Crippen MR) is 61.4 cm³/mol. The van der Waals surface area contributed by atoms with Gasteiger partial charge in [-0.2, -0.15) is 5.10 Å². The number of nitrogen functional groups attached to an aromatic ring is 1. The fourth-order valence-corrected chi connectivity index (χ4v) is 2.20. The molecule has 1 fully saturated rings. The third kappa shape index (κ3) is 2.31. The number of anilines is 1. The molecule has 2 heterocycles. The maximum absolute atomic E-state index is 5.92. The SMILES string of the molecule is CCn1ncc(N)c1CN1CCCCC1. The van der Waals surface area contributed by atoms with E-state index < -0.39 is 0 Å². The number of likely N-dealkylation sites (tertiary alicyclic amines) is 1. The molecule has 0 spiro atoms. The van der Waals surface area contributed by atoms with Crippen LogP contribution >= 0.6 is 0 Å². The van der Waals surface area contributed by atoms with Crippen molar-refractivity contribution in [1.82, 2.24) is 14.7 Å². The van der Waals surface area contributed by atoms with Crippen LogP contribution in [-0.2, 0) is 13.1 Å². The van der Waals surface area contributed by atoms with E-state index in [0.29, 0.717) is 0 Å². The molecule has 0 radical (unpaired) electrons. The van der Waals surface area contributed by atoms with Crippen molar-refractivity contribution < 1.29 is 0 Å². The zero-order valence-electron chi connectivity index (χ0n) is 9.45. The minimum atomic E-state index is 0.836. The van der Waals surface area contributed by atoms with Crippen LogP contribution in [0.15, 0.2) is 6.20 Å². The molecule has 1 aliphatic heterocycles. The Morgan fingerprint density at radius 2 is 2.07 bits per heavy atom. The van der Waals surface area contributed by atoms with Crippen LogP contribution in [0.1, 0.15) is 31.9 Å². The molecular formula is C11H20N4. The van der Waals surface area contributed by atoms with E-state index in [1.54, 1.807) is 6.20 Å². The smallest absolute Gasteiger partial charge is 0.0753 e. The third-order valence-corrected chi connectivity index (χ3v) is 3.10. The molecule has 1 aromatic heterocycles. The van der Waals surface area contributed by atoms with Gasteiger partial charge in [-0.25, -0.2) is 0 Å². The molecule has 0 saturated carbocycles. The maximum atomic E-state index is 5.92. The molecule has 0 bridgehead atoms. The standard InChI is InChI=1S/C11H20N4/c1-2-15-11(10(12)8-13-15)9-14-6-4-3-5-7-14/h8H,2-7,9,12H2,1H3. The molecule has 4 nitrogen and oxygen atoms in total. The molecule has 15 heavy (non-hydrogen) atoms. The normalized spacial score (nSPS) is 18.2. The maximum Gasteiger partial charge on any atom is 0.0753 e. The molecule has 0 aromatic carbocycles. The number of aryl methyl sites for hydroxylation is 1. The van der Waals surface area contributed by atoms with E-state index in [2.05, 4.69) is 16.9 Å². The highest BCUT2D eigenvalue weighted by Crippen LogP contribution is 2.17. The van der Waals surface area contributed by atoms with Crippen molar-refractivity contribution in [3.8, 4) is 0 Å². The Morgan fingerprint density at radius 1 is 1.33 bits per heavy atom. The monoisotopic (exact) mass is 208 g/mol. The summed E-state index contributed by atoms with van der Waals surface area (Å²) in [4.78, 5) is 2.48. The average molecular weight is 208 g/mol. The quantitative estimate of drug-likeness (QED) is 0.818. The van der Waals surface area contributed by atoms with Crippen LogP contribution < -0.4 is 5.73 Å². The summed E-state index contributed by atoms with van der Waals surface area (Å²) in [6, 6.07) is 0. The molecule has 1 aromatic rings. The van der Waals surface area contributed by atoms with Gasteiger partial charge in [-0.05, 0) is 32.9 Å². The Labute approximate surface area is 91.1 Å². The summed E-state index contributed by atoms with van der Waals surface area (Å²) in [6.45, 7) is 6.37. The van der Waals surface area contributed by atoms with E-state index in [9.17, 15) is 0 Å². The van der Waals surface area contributed by atoms with Crippen molar-refractivity contribution in [3.63, 3.8) is 0 Å². The molecule has 0 unspecified atom stereocenters. The van der Waals surface area contributed by atoms with Gasteiger partial charge in [-0.1, -0.05) is 6.42 Å². The van der Waals surface area contributed by atoms with E-state index in [1.165, 1.54) is 38.0 Å². The van der Waals surface area contributed by atoms with E-state index in [-0.39, 0.29) is 0 Å². The Morgan fingerprint density at radius 3 is 2.73 bits per heavy atom. The van der Waals surface area contributed by atoms with Crippen molar-refractivity contribution in [1.29, 1.82) is 0 Å².